The summed E-state index contributed by atoms with van der Waals surface area (Å²) in [6.07, 6.45) is 3.46. The Morgan fingerprint density at radius 1 is 1.08 bits per heavy atom. The molecule has 0 saturated heterocycles. The molecular weight excluding hydrogens is 488 g/mol. The quantitative estimate of drug-likeness (QED) is 0.331. The fourth-order valence-corrected chi connectivity index (χ4v) is 4.98. The zero-order chi connectivity index (χ0) is 27.5. The van der Waals surface area contributed by atoms with Gasteiger partial charge in [0.25, 0.3) is 11.5 Å². The molecule has 0 aliphatic heterocycles. The molecule has 3 N–H and O–H groups in total. The van der Waals surface area contributed by atoms with E-state index in [1.807, 2.05) is 55.5 Å². The van der Waals surface area contributed by atoms with Crippen LogP contribution < -0.4 is 16.6 Å². The van der Waals surface area contributed by atoms with Gasteiger partial charge >= 0.3 is 0 Å². The Labute approximate surface area is 226 Å². The van der Waals surface area contributed by atoms with Crippen molar-refractivity contribution >= 4 is 27.8 Å². The number of nitrogens with one attached hydrogen (secondary N) is 1. The van der Waals surface area contributed by atoms with Gasteiger partial charge in [0.2, 0.25) is 0 Å². The molecule has 0 bridgehead atoms. The van der Waals surface area contributed by atoms with Gasteiger partial charge in [-0.15, -0.1) is 0 Å². The van der Waals surface area contributed by atoms with E-state index in [0.29, 0.717) is 0 Å². The number of rotatable bonds is 6. The first kappa shape index (κ1) is 25.9. The number of amides is 1. The highest BCUT2D eigenvalue weighted by molar-refractivity contribution is 6.03. The molecule has 1 atom stereocenters. The van der Waals surface area contributed by atoms with Gasteiger partial charge in [-0.1, -0.05) is 42.2 Å². The van der Waals surface area contributed by atoms with Gasteiger partial charge in [0.15, 0.2) is 0 Å². The van der Waals surface area contributed by atoms with Crippen molar-refractivity contribution in [1.82, 2.24) is 24.4 Å². The van der Waals surface area contributed by atoms with E-state index in [4.69, 9.17) is 5.73 Å². The molecule has 2 aromatic carbocycles. The zero-order valence-electron chi connectivity index (χ0n) is 22.2. The van der Waals surface area contributed by atoms with E-state index in [1.54, 1.807) is 18.5 Å². The number of fused-ring (bicyclic) bond motifs is 3. The van der Waals surface area contributed by atoms with Crippen molar-refractivity contribution in [3.63, 3.8) is 0 Å². The number of aryl methyl sites for hydroxylation is 1. The molecule has 0 aliphatic carbocycles. The second kappa shape index (κ2) is 10.9. The molecule has 1 unspecified atom stereocenters. The number of aromatic nitrogens is 4. The lowest BCUT2D eigenvalue weighted by Gasteiger charge is -2.19. The van der Waals surface area contributed by atoms with Crippen LogP contribution in [0.2, 0.25) is 0 Å². The summed E-state index contributed by atoms with van der Waals surface area (Å²) in [6.45, 7) is 6.58. The average Bonchev–Trinajstić information content (AvgIpc) is 3.29. The number of benzene rings is 2. The van der Waals surface area contributed by atoms with E-state index in [1.165, 1.54) is 10.6 Å². The largest absolute Gasteiger partial charge is 0.341 e. The van der Waals surface area contributed by atoms with E-state index in [2.05, 4.69) is 45.5 Å². The molecule has 8 nitrogen and oxygen atoms in total. The summed E-state index contributed by atoms with van der Waals surface area (Å²) in [5.41, 5.74) is 10.1. The van der Waals surface area contributed by atoms with E-state index in [-0.39, 0.29) is 30.7 Å². The first-order chi connectivity index (χ1) is 18.9. The van der Waals surface area contributed by atoms with E-state index >= 15 is 0 Å². The van der Waals surface area contributed by atoms with Crippen LogP contribution in [0.25, 0.3) is 21.9 Å². The molecular formula is C31H30N6O2. The summed E-state index contributed by atoms with van der Waals surface area (Å²) in [6, 6.07) is 18.5. The Hall–Kier alpha value is -4.74. The average molecular weight is 519 g/mol. The minimum atomic E-state index is -0.479. The highest BCUT2D eigenvalue weighted by atomic mass is 16.2. The van der Waals surface area contributed by atoms with Crippen LogP contribution in [0.1, 0.15) is 53.2 Å². The van der Waals surface area contributed by atoms with E-state index in [9.17, 15) is 9.59 Å². The molecule has 0 saturated carbocycles. The number of imidazole rings is 1. The Morgan fingerprint density at radius 3 is 2.62 bits per heavy atom. The van der Waals surface area contributed by atoms with Crippen LogP contribution in [0.5, 0.6) is 0 Å². The van der Waals surface area contributed by atoms with Crippen LogP contribution in [-0.4, -0.2) is 38.1 Å². The lowest BCUT2D eigenvalue weighted by Crippen LogP contribution is -2.36. The van der Waals surface area contributed by atoms with Crippen LogP contribution in [0, 0.1) is 18.8 Å². The first-order valence-corrected chi connectivity index (χ1v) is 12.9. The van der Waals surface area contributed by atoms with Gasteiger partial charge in [-0.3, -0.25) is 14.6 Å². The van der Waals surface area contributed by atoms with Crippen molar-refractivity contribution in [2.24, 2.45) is 5.73 Å². The van der Waals surface area contributed by atoms with Crippen LogP contribution in [0.15, 0.2) is 77.9 Å². The van der Waals surface area contributed by atoms with Gasteiger partial charge < -0.3 is 20.2 Å². The van der Waals surface area contributed by atoms with Crippen molar-refractivity contribution < 1.29 is 4.79 Å². The maximum atomic E-state index is 13.1. The standard InChI is InChI=1S/C31H30N6O2/c1-20(2)37-21(3)35-27-19-34-26-14-13-22(17-25(26)29(27)37)9-7-15-33-30(38)24-12-8-16-36(31(24)39)28(18-32)23-10-5-4-6-11-23/h4-6,8,10-14,16-17,19-20,28H,15,18,32H2,1-3H3,(H,33,38). The smallest absolute Gasteiger partial charge is 0.264 e. The molecule has 196 valence electrons. The molecule has 0 radical (unpaired) electrons. The molecule has 0 spiro atoms. The topological polar surface area (TPSA) is 108 Å². The van der Waals surface area contributed by atoms with Crippen LogP contribution >= 0.6 is 0 Å². The van der Waals surface area contributed by atoms with Crippen LogP contribution in [-0.2, 0) is 0 Å². The Bertz CT molecular complexity index is 1790. The third kappa shape index (κ3) is 5.05. The summed E-state index contributed by atoms with van der Waals surface area (Å²) >= 11 is 0. The molecule has 5 rings (SSSR count). The highest BCUT2D eigenvalue weighted by Crippen LogP contribution is 2.28. The Morgan fingerprint density at radius 2 is 1.87 bits per heavy atom. The molecule has 0 fully saturated rings. The van der Waals surface area contributed by atoms with Gasteiger partial charge in [0.05, 0.1) is 29.8 Å². The normalized spacial score (nSPS) is 11.9. The second-order valence-corrected chi connectivity index (χ2v) is 9.63. The number of carbonyl (C=O) groups is 1. The first-order valence-electron chi connectivity index (χ1n) is 12.9. The lowest BCUT2D eigenvalue weighted by molar-refractivity contribution is 0.0956. The molecule has 3 aromatic heterocycles. The van der Waals surface area contributed by atoms with Gasteiger partial charge in [-0.05, 0) is 56.7 Å². The van der Waals surface area contributed by atoms with Crippen molar-refractivity contribution in [3.05, 3.63) is 106 Å². The van der Waals surface area contributed by atoms with Gasteiger partial charge in [0, 0.05) is 29.7 Å². The predicted molar refractivity (Wildman–Crippen MR) is 154 cm³/mol. The fourth-order valence-electron chi connectivity index (χ4n) is 4.98. The maximum Gasteiger partial charge on any atom is 0.264 e. The zero-order valence-corrected chi connectivity index (χ0v) is 22.2. The predicted octanol–water partition coefficient (Wildman–Crippen LogP) is 3.97. The number of hydrogen-bond acceptors (Lipinski definition) is 5. The number of nitrogens with zero attached hydrogens (tertiary/aromatic N) is 4. The van der Waals surface area contributed by atoms with Gasteiger partial charge in [-0.2, -0.15) is 0 Å². The number of hydrogen-bond donors (Lipinski definition) is 2. The van der Waals surface area contributed by atoms with E-state index in [0.717, 1.165) is 38.9 Å². The van der Waals surface area contributed by atoms with Crippen molar-refractivity contribution in [1.29, 1.82) is 0 Å². The minimum Gasteiger partial charge on any atom is -0.341 e. The summed E-state index contributed by atoms with van der Waals surface area (Å²) in [5.74, 6) is 6.58. The van der Waals surface area contributed by atoms with Gasteiger partial charge in [0.1, 0.15) is 16.9 Å². The molecule has 39 heavy (non-hydrogen) atoms. The molecule has 3 heterocycles. The molecule has 8 heteroatoms. The van der Waals surface area contributed by atoms with Crippen molar-refractivity contribution in [3.8, 4) is 11.8 Å². The Balaban J connectivity index is 1.36. The summed E-state index contributed by atoms with van der Waals surface area (Å²) < 4.78 is 3.71. The summed E-state index contributed by atoms with van der Waals surface area (Å²) in [7, 11) is 0. The SMILES string of the molecule is Cc1nc2cnc3ccc(C#CCNC(=O)c4cccn(C(CN)c5ccccc5)c4=O)cc3c2n1C(C)C. The van der Waals surface area contributed by atoms with Crippen molar-refractivity contribution in [2.45, 2.75) is 32.9 Å². The summed E-state index contributed by atoms with van der Waals surface area (Å²) in [5, 5.41) is 3.73. The van der Waals surface area contributed by atoms with E-state index < -0.39 is 11.5 Å². The summed E-state index contributed by atoms with van der Waals surface area (Å²) in [4.78, 5) is 35.2. The van der Waals surface area contributed by atoms with Crippen molar-refractivity contribution in [2.75, 3.05) is 13.1 Å². The number of pyridine rings is 2. The molecule has 5 aromatic rings. The Kier molecular flexibility index (Phi) is 7.26. The fraction of sp³-hybridized carbons (Fsp3) is 0.226. The lowest BCUT2D eigenvalue weighted by atomic mass is 10.1. The minimum absolute atomic E-state index is 0.0465. The van der Waals surface area contributed by atoms with Crippen LogP contribution in [0.3, 0.4) is 0 Å². The maximum absolute atomic E-state index is 13.1. The third-order valence-electron chi connectivity index (χ3n) is 6.74. The second-order valence-electron chi connectivity index (χ2n) is 9.63. The molecule has 0 aliphatic rings. The van der Waals surface area contributed by atoms with Gasteiger partial charge in [-0.25, -0.2) is 4.98 Å². The number of nitrogens with two attached hydrogens (primary N) is 1. The number of carbonyl (C=O) groups excluding carboxylic acids is 1. The highest BCUT2D eigenvalue weighted by Gasteiger charge is 2.18. The monoisotopic (exact) mass is 518 g/mol. The molecule has 1 amide bonds. The third-order valence-corrected chi connectivity index (χ3v) is 6.74. The van der Waals surface area contributed by atoms with Crippen LogP contribution in [0.4, 0.5) is 0 Å².